The largest absolute Gasteiger partial charge is 0.325 e. The maximum atomic E-state index is 12.4. The van der Waals surface area contributed by atoms with E-state index in [0.29, 0.717) is 0 Å². The number of carbonyl (C=O) groups excluding carboxylic acids is 1. The number of fused-ring (bicyclic) bond motifs is 1. The number of hydrogen-bond acceptors (Lipinski definition) is 1. The van der Waals surface area contributed by atoms with Crippen molar-refractivity contribution in [3.63, 3.8) is 0 Å². The Hall–Kier alpha value is -1.83. The van der Waals surface area contributed by atoms with Gasteiger partial charge in [-0.2, -0.15) is 0 Å². The molecule has 1 aromatic carbocycles. The van der Waals surface area contributed by atoms with Gasteiger partial charge >= 0.3 is 0 Å². The van der Waals surface area contributed by atoms with E-state index in [2.05, 4.69) is 18.3 Å². The van der Waals surface area contributed by atoms with Crippen LogP contribution < -0.4 is 5.32 Å². The second-order valence-corrected chi connectivity index (χ2v) is 4.69. The zero-order valence-electron chi connectivity index (χ0n) is 13.2. The molecule has 1 aliphatic rings. The number of benzene rings is 1. The van der Waals surface area contributed by atoms with Crippen molar-refractivity contribution < 1.29 is 4.79 Å². The lowest BCUT2D eigenvalue weighted by atomic mass is 9.76. The third-order valence-electron chi connectivity index (χ3n) is 3.52. The normalized spacial score (nSPS) is 21.2. The van der Waals surface area contributed by atoms with E-state index in [1.165, 1.54) is 0 Å². The summed E-state index contributed by atoms with van der Waals surface area (Å²) in [6.45, 7) is 10.1. The number of allylic oxidation sites excluding steroid dienone is 3. The Morgan fingerprint density at radius 3 is 2.55 bits per heavy atom. The minimum absolute atomic E-state index is 0.0569. The highest BCUT2D eigenvalue weighted by Crippen LogP contribution is 2.43. The summed E-state index contributed by atoms with van der Waals surface area (Å²) < 4.78 is 0. The van der Waals surface area contributed by atoms with Gasteiger partial charge in [0.25, 0.3) is 0 Å². The predicted octanol–water partition coefficient (Wildman–Crippen LogP) is 4.84. The predicted molar refractivity (Wildman–Crippen MR) is 87.0 cm³/mol. The van der Waals surface area contributed by atoms with Crippen molar-refractivity contribution in [3.05, 3.63) is 53.6 Å². The van der Waals surface area contributed by atoms with Gasteiger partial charge in [-0.15, -0.1) is 0 Å². The fraction of sp³-hybridized carbons (Fsp3) is 0.389. The molecular formula is C18H25NO. The van der Waals surface area contributed by atoms with Crippen molar-refractivity contribution in [2.45, 2.75) is 46.5 Å². The molecular weight excluding hydrogens is 246 g/mol. The van der Waals surface area contributed by atoms with Crippen LogP contribution in [0.15, 0.2) is 48.1 Å². The molecule has 1 heterocycles. The van der Waals surface area contributed by atoms with E-state index in [-0.39, 0.29) is 5.91 Å². The van der Waals surface area contributed by atoms with Crippen LogP contribution in [0.1, 0.15) is 46.6 Å². The summed E-state index contributed by atoms with van der Waals surface area (Å²) in [5.74, 6) is 0.0569. The number of anilines is 1. The first-order valence-electron chi connectivity index (χ1n) is 7.38. The molecule has 1 unspecified atom stereocenters. The molecule has 1 N–H and O–H groups in total. The Labute approximate surface area is 122 Å². The van der Waals surface area contributed by atoms with Crippen molar-refractivity contribution in [3.8, 4) is 0 Å². The standard InChI is InChI=1S/C16H19NO.C2H6/c1-4-8-12(9-5-2)16(3)13-10-6-7-11-14(13)17-15(16)18;1-2/h4,6-11H,5H2,1-3H3,(H,17,18);1-2H3/b8-4-,12-9+;. The lowest BCUT2D eigenvalue weighted by molar-refractivity contribution is -0.119. The Balaban J connectivity index is 0.000000956. The molecule has 1 amide bonds. The van der Waals surface area contributed by atoms with Gasteiger partial charge in [-0.05, 0) is 37.5 Å². The molecule has 2 rings (SSSR count). The summed E-state index contributed by atoms with van der Waals surface area (Å²) in [6, 6.07) is 7.91. The van der Waals surface area contributed by atoms with E-state index < -0.39 is 5.41 Å². The Morgan fingerprint density at radius 1 is 1.30 bits per heavy atom. The fourth-order valence-electron chi connectivity index (χ4n) is 2.52. The first-order chi connectivity index (χ1) is 9.64. The van der Waals surface area contributed by atoms with Gasteiger partial charge in [0.2, 0.25) is 5.91 Å². The summed E-state index contributed by atoms with van der Waals surface area (Å²) in [4.78, 5) is 12.4. The average Bonchev–Trinajstić information content (AvgIpc) is 2.74. The molecule has 0 fully saturated rings. The Morgan fingerprint density at radius 2 is 1.95 bits per heavy atom. The molecule has 20 heavy (non-hydrogen) atoms. The summed E-state index contributed by atoms with van der Waals surface area (Å²) in [5.41, 5.74) is 2.48. The van der Waals surface area contributed by atoms with Gasteiger partial charge in [0.05, 0.1) is 5.41 Å². The first kappa shape index (κ1) is 16.2. The van der Waals surface area contributed by atoms with Crippen LogP contribution in [0.5, 0.6) is 0 Å². The van der Waals surface area contributed by atoms with Crippen LogP contribution >= 0.6 is 0 Å². The summed E-state index contributed by atoms with van der Waals surface area (Å²) in [5, 5.41) is 2.97. The zero-order chi connectivity index (χ0) is 15.2. The Bertz CT molecular complexity index is 528. The van der Waals surface area contributed by atoms with Gasteiger partial charge in [-0.25, -0.2) is 0 Å². The molecule has 0 bridgehead atoms. The number of hydrogen-bond donors (Lipinski definition) is 1. The van der Waals surface area contributed by atoms with Crippen LogP contribution in [0, 0.1) is 0 Å². The van der Waals surface area contributed by atoms with Crippen LogP contribution in [-0.2, 0) is 10.2 Å². The molecule has 1 aromatic rings. The van der Waals surface area contributed by atoms with E-state index in [0.717, 1.165) is 23.2 Å². The number of nitrogens with one attached hydrogen (secondary N) is 1. The van der Waals surface area contributed by atoms with Crippen LogP contribution in [0.2, 0.25) is 0 Å². The number of amides is 1. The van der Waals surface area contributed by atoms with E-state index in [4.69, 9.17) is 0 Å². The van der Waals surface area contributed by atoms with Gasteiger partial charge in [0.15, 0.2) is 0 Å². The third-order valence-corrected chi connectivity index (χ3v) is 3.52. The number of para-hydroxylation sites is 1. The van der Waals surface area contributed by atoms with Crippen LogP contribution in [0.25, 0.3) is 0 Å². The van der Waals surface area contributed by atoms with E-state index >= 15 is 0 Å². The van der Waals surface area contributed by atoms with E-state index in [9.17, 15) is 4.79 Å². The van der Waals surface area contributed by atoms with Crippen LogP contribution in [0.3, 0.4) is 0 Å². The molecule has 0 saturated heterocycles. The van der Waals surface area contributed by atoms with E-state index in [1.54, 1.807) is 0 Å². The highest BCUT2D eigenvalue weighted by atomic mass is 16.2. The lowest BCUT2D eigenvalue weighted by Gasteiger charge is -2.24. The zero-order valence-corrected chi connectivity index (χ0v) is 13.2. The molecule has 2 heteroatoms. The molecule has 0 spiro atoms. The molecule has 0 saturated carbocycles. The van der Waals surface area contributed by atoms with Gasteiger partial charge in [-0.3, -0.25) is 4.79 Å². The fourth-order valence-corrected chi connectivity index (χ4v) is 2.52. The first-order valence-corrected chi connectivity index (χ1v) is 7.38. The SMILES string of the molecule is C/C=C\C(=C/CC)C1(C)C(=O)Nc2ccccc21.CC. The second-order valence-electron chi connectivity index (χ2n) is 4.69. The lowest BCUT2D eigenvalue weighted by Crippen LogP contribution is -2.32. The summed E-state index contributed by atoms with van der Waals surface area (Å²) in [7, 11) is 0. The van der Waals surface area contributed by atoms with Gasteiger partial charge in [0, 0.05) is 5.69 Å². The molecule has 1 atom stereocenters. The van der Waals surface area contributed by atoms with Gasteiger partial charge < -0.3 is 5.32 Å². The summed E-state index contributed by atoms with van der Waals surface area (Å²) >= 11 is 0. The molecule has 0 aromatic heterocycles. The average molecular weight is 271 g/mol. The molecule has 108 valence electrons. The van der Waals surface area contributed by atoms with Gasteiger partial charge in [0.1, 0.15) is 0 Å². The van der Waals surface area contributed by atoms with Crippen molar-refractivity contribution in [2.75, 3.05) is 5.32 Å². The highest BCUT2D eigenvalue weighted by Gasteiger charge is 2.44. The molecule has 0 aliphatic carbocycles. The monoisotopic (exact) mass is 271 g/mol. The van der Waals surface area contributed by atoms with E-state index in [1.807, 2.05) is 64.1 Å². The Kier molecular flexibility index (Phi) is 5.75. The van der Waals surface area contributed by atoms with Gasteiger partial charge in [-0.1, -0.05) is 57.2 Å². The second kappa shape index (κ2) is 7.09. The maximum absolute atomic E-state index is 12.4. The highest BCUT2D eigenvalue weighted by molar-refractivity contribution is 6.08. The van der Waals surface area contributed by atoms with Crippen LogP contribution in [0.4, 0.5) is 5.69 Å². The molecule has 1 aliphatic heterocycles. The maximum Gasteiger partial charge on any atom is 0.239 e. The molecule has 0 radical (unpaired) electrons. The number of carbonyl (C=O) groups is 1. The molecule has 2 nitrogen and oxygen atoms in total. The van der Waals surface area contributed by atoms with Crippen molar-refractivity contribution >= 4 is 11.6 Å². The summed E-state index contributed by atoms with van der Waals surface area (Å²) in [6.07, 6.45) is 7.07. The minimum Gasteiger partial charge on any atom is -0.325 e. The van der Waals surface area contributed by atoms with Crippen LogP contribution in [-0.4, -0.2) is 5.91 Å². The smallest absolute Gasteiger partial charge is 0.239 e. The minimum atomic E-state index is -0.570. The van der Waals surface area contributed by atoms with Crippen molar-refractivity contribution in [2.24, 2.45) is 0 Å². The topological polar surface area (TPSA) is 29.1 Å². The quantitative estimate of drug-likeness (QED) is 0.783. The number of rotatable bonds is 3. The van der Waals surface area contributed by atoms with Crippen molar-refractivity contribution in [1.29, 1.82) is 0 Å². The third kappa shape index (κ3) is 2.69. The van der Waals surface area contributed by atoms with Crippen molar-refractivity contribution in [1.82, 2.24) is 0 Å².